The first kappa shape index (κ1) is 20.0. The number of nitrogens with one attached hydrogen (secondary N) is 2. The Morgan fingerprint density at radius 1 is 1.13 bits per heavy atom. The van der Waals surface area contributed by atoms with Crippen molar-refractivity contribution in [1.82, 2.24) is 25.2 Å². The van der Waals surface area contributed by atoms with Gasteiger partial charge in [0, 0.05) is 44.5 Å². The highest BCUT2D eigenvalue weighted by Crippen LogP contribution is 2.37. The number of amides is 1. The van der Waals surface area contributed by atoms with Gasteiger partial charge >= 0.3 is 0 Å². The highest BCUT2D eigenvalue weighted by molar-refractivity contribution is 5.88. The second-order valence-electron chi connectivity index (χ2n) is 9.31. The maximum Gasteiger partial charge on any atom is 0.242 e. The standard InChI is InChI=1S/C22H30N8O/c1-22(2)14-25-20(31)17-6-4-15-12-24-21(27-19(15)30(17)22)26-18-7-5-16(13-23-18)29-10-8-28(3)9-11-29/h5,7,12-13,17H,4,6,8-11,14H2,1-3H3,(H,25,31)(H,23,24,26,27). The number of pyridine rings is 1. The molecule has 1 atom stereocenters. The van der Waals surface area contributed by atoms with Crippen molar-refractivity contribution in [1.29, 1.82) is 0 Å². The van der Waals surface area contributed by atoms with Crippen LogP contribution in [0, 0.1) is 0 Å². The van der Waals surface area contributed by atoms with Gasteiger partial charge in [0.15, 0.2) is 0 Å². The molecule has 0 saturated carbocycles. The van der Waals surface area contributed by atoms with Crippen LogP contribution < -0.4 is 20.4 Å². The number of nitrogens with zero attached hydrogens (tertiary/aromatic N) is 6. The molecule has 0 spiro atoms. The van der Waals surface area contributed by atoms with E-state index in [1.54, 1.807) is 0 Å². The van der Waals surface area contributed by atoms with E-state index in [1.807, 2.05) is 18.5 Å². The van der Waals surface area contributed by atoms with E-state index in [-0.39, 0.29) is 17.5 Å². The lowest BCUT2D eigenvalue weighted by atomic mass is 9.89. The molecule has 2 aromatic heterocycles. The summed E-state index contributed by atoms with van der Waals surface area (Å²) in [5.41, 5.74) is 2.01. The van der Waals surface area contributed by atoms with Gasteiger partial charge in [-0.05, 0) is 45.9 Å². The number of hydrogen-bond acceptors (Lipinski definition) is 8. The van der Waals surface area contributed by atoms with Gasteiger partial charge in [-0.2, -0.15) is 4.98 Å². The third-order valence-electron chi connectivity index (χ3n) is 6.57. The van der Waals surface area contributed by atoms with Gasteiger partial charge in [-0.3, -0.25) is 4.79 Å². The smallest absolute Gasteiger partial charge is 0.242 e. The number of fused-ring (bicyclic) bond motifs is 3. The zero-order valence-corrected chi connectivity index (χ0v) is 18.4. The molecule has 9 heteroatoms. The Kier molecular flexibility index (Phi) is 4.92. The monoisotopic (exact) mass is 422 g/mol. The number of piperazine rings is 2. The molecule has 2 saturated heterocycles. The minimum atomic E-state index is -0.207. The van der Waals surface area contributed by atoms with E-state index in [9.17, 15) is 4.79 Å². The fraction of sp³-hybridized carbons (Fsp3) is 0.545. The summed E-state index contributed by atoms with van der Waals surface area (Å²) in [6.45, 7) is 9.04. The molecular formula is C22H30N8O. The highest BCUT2D eigenvalue weighted by atomic mass is 16.2. The third kappa shape index (κ3) is 3.78. The summed E-state index contributed by atoms with van der Waals surface area (Å²) < 4.78 is 0. The van der Waals surface area contributed by atoms with E-state index >= 15 is 0 Å². The van der Waals surface area contributed by atoms with Crippen molar-refractivity contribution < 1.29 is 4.79 Å². The highest BCUT2D eigenvalue weighted by Gasteiger charge is 2.44. The first-order valence-corrected chi connectivity index (χ1v) is 11.0. The van der Waals surface area contributed by atoms with Crippen molar-refractivity contribution >= 4 is 29.2 Å². The summed E-state index contributed by atoms with van der Waals surface area (Å²) in [6.07, 6.45) is 5.37. The number of carbonyl (C=O) groups is 1. The van der Waals surface area contributed by atoms with Crippen LogP contribution in [0.25, 0.3) is 0 Å². The molecule has 3 aliphatic heterocycles. The van der Waals surface area contributed by atoms with Gasteiger partial charge in [0.2, 0.25) is 11.9 Å². The zero-order valence-electron chi connectivity index (χ0n) is 18.4. The largest absolute Gasteiger partial charge is 0.368 e. The van der Waals surface area contributed by atoms with Crippen molar-refractivity contribution in [2.45, 2.75) is 38.3 Å². The van der Waals surface area contributed by atoms with Gasteiger partial charge in [-0.15, -0.1) is 0 Å². The molecule has 2 fully saturated rings. The molecule has 5 heterocycles. The quantitative estimate of drug-likeness (QED) is 0.767. The lowest BCUT2D eigenvalue weighted by Crippen LogP contribution is -2.67. The number of carbonyl (C=O) groups excluding carboxylic acids is 1. The summed E-state index contributed by atoms with van der Waals surface area (Å²) in [7, 11) is 2.15. The summed E-state index contributed by atoms with van der Waals surface area (Å²) >= 11 is 0. The Labute approximate surface area is 182 Å². The van der Waals surface area contributed by atoms with Crippen LogP contribution in [0.4, 0.5) is 23.3 Å². The van der Waals surface area contributed by atoms with E-state index in [2.05, 4.69) is 62.3 Å². The van der Waals surface area contributed by atoms with Gasteiger partial charge in [-0.25, -0.2) is 9.97 Å². The van der Waals surface area contributed by atoms with Gasteiger partial charge in [0.25, 0.3) is 0 Å². The average Bonchev–Trinajstić information content (AvgIpc) is 2.77. The minimum Gasteiger partial charge on any atom is -0.368 e. The SMILES string of the molecule is CN1CCN(c2ccc(Nc3ncc4c(n3)N3C(CC4)C(=O)NCC3(C)C)nc2)CC1. The fourth-order valence-electron chi connectivity index (χ4n) is 4.70. The molecule has 0 radical (unpaired) electrons. The first-order valence-electron chi connectivity index (χ1n) is 11.0. The average molecular weight is 423 g/mol. The molecule has 3 aliphatic rings. The second-order valence-corrected chi connectivity index (χ2v) is 9.31. The number of hydrogen-bond donors (Lipinski definition) is 2. The molecule has 0 aliphatic carbocycles. The number of rotatable bonds is 3. The third-order valence-corrected chi connectivity index (χ3v) is 6.57. The van der Waals surface area contributed by atoms with Crippen LogP contribution in [0.3, 0.4) is 0 Å². The molecule has 164 valence electrons. The topological polar surface area (TPSA) is 89.5 Å². The molecule has 2 aromatic rings. The van der Waals surface area contributed by atoms with Crippen LogP contribution in [0.5, 0.6) is 0 Å². The Hall–Kier alpha value is -2.94. The molecule has 2 N–H and O–H groups in total. The molecular weight excluding hydrogens is 392 g/mol. The Bertz CT molecular complexity index is 968. The van der Waals surface area contributed by atoms with Crippen LogP contribution in [0.2, 0.25) is 0 Å². The predicted octanol–water partition coefficient (Wildman–Crippen LogP) is 1.40. The van der Waals surface area contributed by atoms with Gasteiger partial charge in [-0.1, -0.05) is 0 Å². The van der Waals surface area contributed by atoms with E-state index in [1.165, 1.54) is 0 Å². The normalized spacial score (nSPS) is 23.1. The minimum absolute atomic E-state index is 0.0826. The Morgan fingerprint density at radius 2 is 1.94 bits per heavy atom. The fourth-order valence-corrected chi connectivity index (χ4v) is 4.70. The summed E-state index contributed by atoms with van der Waals surface area (Å²) in [6, 6.07) is 3.88. The number of anilines is 4. The van der Waals surface area contributed by atoms with Gasteiger partial charge in [0.05, 0.1) is 17.4 Å². The van der Waals surface area contributed by atoms with E-state index < -0.39 is 0 Å². The summed E-state index contributed by atoms with van der Waals surface area (Å²) in [5.74, 6) is 2.14. The molecule has 0 aromatic carbocycles. The molecule has 5 rings (SSSR count). The lowest BCUT2D eigenvalue weighted by Gasteiger charge is -2.50. The molecule has 0 bridgehead atoms. The van der Waals surface area contributed by atoms with Crippen LogP contribution >= 0.6 is 0 Å². The van der Waals surface area contributed by atoms with Crippen LogP contribution in [-0.4, -0.2) is 77.1 Å². The first-order chi connectivity index (χ1) is 14.9. The van der Waals surface area contributed by atoms with Crippen molar-refractivity contribution in [3.05, 3.63) is 30.1 Å². The molecule has 9 nitrogen and oxygen atoms in total. The number of likely N-dealkylation sites (N-methyl/N-ethyl adjacent to an activating group) is 1. The van der Waals surface area contributed by atoms with Gasteiger partial charge < -0.3 is 25.3 Å². The Morgan fingerprint density at radius 3 is 2.68 bits per heavy atom. The van der Waals surface area contributed by atoms with Crippen LogP contribution in [-0.2, 0) is 11.2 Å². The summed E-state index contributed by atoms with van der Waals surface area (Å²) in [5, 5.41) is 6.27. The van der Waals surface area contributed by atoms with Crippen LogP contribution in [0.1, 0.15) is 25.8 Å². The van der Waals surface area contributed by atoms with Crippen LogP contribution in [0.15, 0.2) is 24.5 Å². The molecule has 1 unspecified atom stereocenters. The second kappa shape index (κ2) is 7.64. The van der Waals surface area contributed by atoms with Crippen molar-refractivity contribution in [3.8, 4) is 0 Å². The lowest BCUT2D eigenvalue weighted by molar-refractivity contribution is -0.124. The summed E-state index contributed by atoms with van der Waals surface area (Å²) in [4.78, 5) is 33.2. The van der Waals surface area contributed by atoms with E-state index in [0.29, 0.717) is 18.3 Å². The maximum atomic E-state index is 12.5. The van der Waals surface area contributed by atoms with Crippen molar-refractivity contribution in [2.24, 2.45) is 0 Å². The maximum absolute atomic E-state index is 12.5. The van der Waals surface area contributed by atoms with Crippen molar-refractivity contribution in [2.75, 3.05) is 54.9 Å². The Balaban J connectivity index is 1.35. The van der Waals surface area contributed by atoms with Gasteiger partial charge in [0.1, 0.15) is 17.7 Å². The zero-order chi connectivity index (χ0) is 21.6. The van der Waals surface area contributed by atoms with Crippen molar-refractivity contribution in [3.63, 3.8) is 0 Å². The predicted molar refractivity (Wildman–Crippen MR) is 121 cm³/mol. The van der Waals surface area contributed by atoms with E-state index in [4.69, 9.17) is 4.98 Å². The molecule has 1 amide bonds. The van der Waals surface area contributed by atoms with E-state index in [0.717, 1.165) is 56.1 Å². The number of aromatic nitrogens is 3. The molecule has 31 heavy (non-hydrogen) atoms. The number of aryl methyl sites for hydroxylation is 1.